The first-order valence-electron chi connectivity index (χ1n) is 10.5. The third-order valence-electron chi connectivity index (χ3n) is 5.98. The molecule has 0 spiro atoms. The van der Waals surface area contributed by atoms with Crippen LogP contribution < -0.4 is 14.9 Å². The monoisotopic (exact) mass is 411 g/mol. The molecule has 4 rings (SSSR count). The van der Waals surface area contributed by atoms with Gasteiger partial charge in [-0.15, -0.1) is 0 Å². The molecule has 0 unspecified atom stereocenters. The van der Waals surface area contributed by atoms with E-state index >= 15 is 0 Å². The summed E-state index contributed by atoms with van der Waals surface area (Å²) < 4.78 is 19.2. The van der Waals surface area contributed by atoms with Gasteiger partial charge in [-0.3, -0.25) is 4.79 Å². The molecule has 2 aliphatic heterocycles. The Kier molecular flexibility index (Phi) is 5.60. The van der Waals surface area contributed by atoms with Crippen molar-refractivity contribution >= 4 is 5.76 Å². The van der Waals surface area contributed by atoms with Gasteiger partial charge in [-0.1, -0.05) is 20.4 Å². The SMILES string of the molecule is C=C(O)c1cn2c(cc1=O)-c1c(cc(OCCCOC)c3c1CCO3)C[C@@H]2C(C)C. The minimum atomic E-state index is -0.225. The molecule has 1 aromatic carbocycles. The lowest BCUT2D eigenvalue weighted by molar-refractivity contribution is 0.170. The highest BCUT2D eigenvalue weighted by molar-refractivity contribution is 5.77. The number of aliphatic hydroxyl groups is 1. The van der Waals surface area contributed by atoms with E-state index < -0.39 is 0 Å². The normalized spacial score (nSPS) is 16.6. The zero-order valence-corrected chi connectivity index (χ0v) is 17.9. The Bertz CT molecular complexity index is 1040. The molecule has 0 saturated heterocycles. The highest BCUT2D eigenvalue weighted by Gasteiger charge is 2.33. The number of ether oxygens (including phenoxy) is 3. The smallest absolute Gasteiger partial charge is 0.193 e. The zero-order valence-electron chi connectivity index (χ0n) is 17.9. The van der Waals surface area contributed by atoms with Gasteiger partial charge in [-0.05, 0) is 24.0 Å². The van der Waals surface area contributed by atoms with Gasteiger partial charge in [0.1, 0.15) is 5.76 Å². The van der Waals surface area contributed by atoms with Crippen molar-refractivity contribution in [2.24, 2.45) is 5.92 Å². The molecule has 160 valence electrons. The second kappa shape index (κ2) is 8.19. The molecule has 0 bridgehead atoms. The maximum absolute atomic E-state index is 12.7. The van der Waals surface area contributed by atoms with Gasteiger partial charge in [-0.2, -0.15) is 0 Å². The number of nitrogens with zero attached hydrogens (tertiary/aromatic N) is 1. The number of fused-ring (bicyclic) bond motifs is 5. The van der Waals surface area contributed by atoms with Crippen LogP contribution >= 0.6 is 0 Å². The number of methoxy groups -OCH3 is 1. The summed E-state index contributed by atoms with van der Waals surface area (Å²) in [6, 6.07) is 3.86. The first-order valence-corrected chi connectivity index (χ1v) is 10.5. The van der Waals surface area contributed by atoms with E-state index in [9.17, 15) is 9.90 Å². The average Bonchev–Trinajstić information content (AvgIpc) is 3.19. The van der Waals surface area contributed by atoms with E-state index in [2.05, 4.69) is 31.1 Å². The molecule has 0 fully saturated rings. The van der Waals surface area contributed by atoms with Gasteiger partial charge < -0.3 is 23.9 Å². The van der Waals surface area contributed by atoms with E-state index in [0.29, 0.717) is 25.7 Å². The van der Waals surface area contributed by atoms with Crippen molar-refractivity contribution in [1.29, 1.82) is 0 Å². The van der Waals surface area contributed by atoms with E-state index in [1.165, 1.54) is 5.56 Å². The third kappa shape index (κ3) is 3.49. The third-order valence-corrected chi connectivity index (χ3v) is 5.98. The van der Waals surface area contributed by atoms with Crippen molar-refractivity contribution in [1.82, 2.24) is 4.57 Å². The number of benzene rings is 1. The molecule has 0 radical (unpaired) electrons. The van der Waals surface area contributed by atoms with E-state index in [1.807, 2.05) is 0 Å². The largest absolute Gasteiger partial charge is 0.508 e. The summed E-state index contributed by atoms with van der Waals surface area (Å²) in [6.07, 6.45) is 4.16. The van der Waals surface area contributed by atoms with Gasteiger partial charge in [-0.25, -0.2) is 0 Å². The minimum absolute atomic E-state index is 0.160. The molecule has 0 amide bonds. The van der Waals surface area contributed by atoms with Crippen LogP contribution in [-0.2, 0) is 17.6 Å². The van der Waals surface area contributed by atoms with E-state index in [0.717, 1.165) is 47.6 Å². The van der Waals surface area contributed by atoms with Crippen LogP contribution in [0.15, 0.2) is 29.7 Å². The molecule has 6 heteroatoms. The molecule has 3 heterocycles. The number of pyridine rings is 1. The number of aromatic nitrogens is 1. The number of hydrogen-bond acceptors (Lipinski definition) is 5. The minimum Gasteiger partial charge on any atom is -0.508 e. The summed E-state index contributed by atoms with van der Waals surface area (Å²) in [4.78, 5) is 12.7. The summed E-state index contributed by atoms with van der Waals surface area (Å²) in [6.45, 7) is 9.71. The number of aliphatic hydroxyl groups excluding tert-OH is 1. The fourth-order valence-electron chi connectivity index (χ4n) is 4.50. The molecule has 1 aromatic heterocycles. The van der Waals surface area contributed by atoms with E-state index in [1.54, 1.807) is 19.4 Å². The van der Waals surface area contributed by atoms with Crippen molar-refractivity contribution in [3.05, 3.63) is 51.8 Å². The van der Waals surface area contributed by atoms with Crippen LogP contribution in [-0.4, -0.2) is 36.6 Å². The molecular formula is C24H29NO5. The number of rotatable bonds is 7. The Morgan fingerprint density at radius 2 is 2.17 bits per heavy atom. The summed E-state index contributed by atoms with van der Waals surface area (Å²) >= 11 is 0. The van der Waals surface area contributed by atoms with Crippen molar-refractivity contribution < 1.29 is 19.3 Å². The van der Waals surface area contributed by atoms with E-state index in [-0.39, 0.29) is 22.8 Å². The van der Waals surface area contributed by atoms with Crippen LogP contribution in [0.5, 0.6) is 11.5 Å². The second-order valence-electron chi connectivity index (χ2n) is 8.32. The van der Waals surface area contributed by atoms with Crippen LogP contribution in [0.3, 0.4) is 0 Å². The molecule has 6 nitrogen and oxygen atoms in total. The summed E-state index contributed by atoms with van der Waals surface area (Å²) in [5.41, 5.74) is 4.24. The average molecular weight is 411 g/mol. The van der Waals surface area contributed by atoms with Crippen molar-refractivity contribution in [2.45, 2.75) is 39.2 Å². The lowest BCUT2D eigenvalue weighted by atomic mass is 9.84. The van der Waals surface area contributed by atoms with E-state index in [4.69, 9.17) is 14.2 Å². The Hall–Kier alpha value is -2.73. The molecule has 0 aliphatic carbocycles. The first-order chi connectivity index (χ1) is 14.4. The van der Waals surface area contributed by atoms with Crippen molar-refractivity contribution in [2.75, 3.05) is 26.9 Å². The lowest BCUT2D eigenvalue weighted by Crippen LogP contribution is -2.27. The fourth-order valence-corrected chi connectivity index (χ4v) is 4.50. The summed E-state index contributed by atoms with van der Waals surface area (Å²) in [5.74, 6) is 1.70. The Balaban J connectivity index is 1.86. The lowest BCUT2D eigenvalue weighted by Gasteiger charge is -2.34. The van der Waals surface area contributed by atoms with Gasteiger partial charge in [0.15, 0.2) is 16.9 Å². The first kappa shape index (κ1) is 20.5. The maximum atomic E-state index is 12.7. The van der Waals surface area contributed by atoms with Crippen molar-refractivity contribution in [3.63, 3.8) is 0 Å². The van der Waals surface area contributed by atoms with Crippen LogP contribution in [0.2, 0.25) is 0 Å². The fraction of sp³-hybridized carbons (Fsp3) is 0.458. The van der Waals surface area contributed by atoms with Gasteiger partial charge in [0.25, 0.3) is 0 Å². The Labute approximate surface area is 176 Å². The van der Waals surface area contributed by atoms with Crippen molar-refractivity contribution in [3.8, 4) is 22.8 Å². The Morgan fingerprint density at radius 3 is 2.87 bits per heavy atom. The highest BCUT2D eigenvalue weighted by Crippen LogP contribution is 2.48. The molecule has 2 aromatic rings. The summed E-state index contributed by atoms with van der Waals surface area (Å²) in [5, 5.41) is 9.88. The molecule has 1 N–H and O–H groups in total. The molecule has 30 heavy (non-hydrogen) atoms. The van der Waals surface area contributed by atoms with Crippen LogP contribution in [0, 0.1) is 5.92 Å². The van der Waals surface area contributed by atoms with Gasteiger partial charge in [0.2, 0.25) is 0 Å². The zero-order chi connectivity index (χ0) is 21.4. The summed E-state index contributed by atoms with van der Waals surface area (Å²) in [7, 11) is 1.68. The second-order valence-corrected chi connectivity index (χ2v) is 8.32. The highest BCUT2D eigenvalue weighted by atomic mass is 16.5. The van der Waals surface area contributed by atoms with Crippen LogP contribution in [0.25, 0.3) is 17.0 Å². The predicted octanol–water partition coefficient (Wildman–Crippen LogP) is 4.15. The molecule has 0 saturated carbocycles. The standard InChI is InChI=1S/C24H29NO5/c1-14(2)19-10-16-11-22(29-8-5-7-28-4)24-17(6-9-30-24)23(16)20-12-21(27)18(15(3)26)13-25(19)20/h11-14,19,26H,3,5-10H2,1-2,4H3/t19-/m1/s1. The van der Waals surface area contributed by atoms with Crippen LogP contribution in [0.1, 0.15) is 43.0 Å². The molecular weight excluding hydrogens is 382 g/mol. The van der Waals surface area contributed by atoms with Gasteiger partial charge in [0.05, 0.1) is 24.5 Å². The van der Waals surface area contributed by atoms with Crippen LogP contribution in [0.4, 0.5) is 0 Å². The number of hydrogen-bond donors (Lipinski definition) is 1. The quantitative estimate of drug-likeness (QED) is 0.548. The molecule has 2 aliphatic rings. The predicted molar refractivity (Wildman–Crippen MR) is 117 cm³/mol. The maximum Gasteiger partial charge on any atom is 0.193 e. The van der Waals surface area contributed by atoms with Gasteiger partial charge in [0, 0.05) is 56.0 Å². The van der Waals surface area contributed by atoms with Gasteiger partial charge >= 0.3 is 0 Å². The Morgan fingerprint density at radius 1 is 1.37 bits per heavy atom. The molecule has 1 atom stereocenters. The topological polar surface area (TPSA) is 69.9 Å².